The van der Waals surface area contributed by atoms with Gasteiger partial charge >= 0.3 is 0 Å². The highest BCUT2D eigenvalue weighted by atomic mass is 16.2. The zero-order valence-electron chi connectivity index (χ0n) is 18.5. The SMILES string of the molecule is Nc1ccc(-n2cc(-c3ccccc3)c(C(=O)N3CCC(N4CCCCC4)CC3)n2)cc1. The van der Waals surface area contributed by atoms with Gasteiger partial charge in [0.15, 0.2) is 5.69 Å². The molecular weight excluding hydrogens is 398 g/mol. The molecule has 0 unspecified atom stereocenters. The molecule has 1 aromatic heterocycles. The standard InChI is InChI=1S/C26H31N5O/c27-21-9-11-23(12-10-21)31-19-24(20-7-3-1-4-8-20)25(28-31)26(32)30-17-13-22(14-18-30)29-15-5-2-6-16-29/h1,3-4,7-12,19,22H,2,5-6,13-18,27H2. The Morgan fingerprint density at radius 2 is 1.56 bits per heavy atom. The van der Waals surface area contributed by atoms with E-state index < -0.39 is 0 Å². The van der Waals surface area contributed by atoms with Crippen molar-refractivity contribution in [3.05, 3.63) is 66.5 Å². The molecule has 2 aliphatic heterocycles. The molecule has 0 saturated carbocycles. The Morgan fingerprint density at radius 3 is 2.25 bits per heavy atom. The average molecular weight is 430 g/mol. The van der Waals surface area contributed by atoms with Crippen LogP contribution in [-0.4, -0.2) is 57.7 Å². The Kier molecular flexibility index (Phi) is 5.95. The van der Waals surface area contributed by atoms with E-state index in [1.54, 1.807) is 4.68 Å². The van der Waals surface area contributed by atoms with Crippen LogP contribution >= 0.6 is 0 Å². The van der Waals surface area contributed by atoms with Crippen molar-refractivity contribution in [2.75, 3.05) is 31.9 Å². The Bertz CT molecular complexity index is 1050. The van der Waals surface area contributed by atoms with Crippen LogP contribution in [-0.2, 0) is 0 Å². The lowest BCUT2D eigenvalue weighted by molar-refractivity contribution is 0.0585. The van der Waals surface area contributed by atoms with Crippen LogP contribution in [0.3, 0.4) is 0 Å². The molecule has 3 heterocycles. The van der Waals surface area contributed by atoms with Crippen LogP contribution in [0.5, 0.6) is 0 Å². The Morgan fingerprint density at radius 1 is 0.875 bits per heavy atom. The number of benzene rings is 2. The van der Waals surface area contributed by atoms with Crippen molar-refractivity contribution < 1.29 is 4.79 Å². The summed E-state index contributed by atoms with van der Waals surface area (Å²) in [7, 11) is 0. The van der Waals surface area contributed by atoms with Crippen molar-refractivity contribution in [1.82, 2.24) is 19.6 Å². The molecule has 2 N–H and O–H groups in total. The molecule has 0 atom stereocenters. The topological polar surface area (TPSA) is 67.4 Å². The maximum absolute atomic E-state index is 13.6. The second-order valence-electron chi connectivity index (χ2n) is 8.91. The minimum atomic E-state index is 0.0233. The molecule has 0 bridgehead atoms. The maximum atomic E-state index is 13.6. The molecular formula is C26H31N5O. The van der Waals surface area contributed by atoms with Gasteiger partial charge in [-0.25, -0.2) is 4.68 Å². The highest BCUT2D eigenvalue weighted by Gasteiger charge is 2.30. The Balaban J connectivity index is 1.39. The van der Waals surface area contributed by atoms with Crippen molar-refractivity contribution in [3.8, 4) is 16.8 Å². The predicted molar refractivity (Wildman–Crippen MR) is 128 cm³/mol. The minimum Gasteiger partial charge on any atom is -0.399 e. The van der Waals surface area contributed by atoms with E-state index >= 15 is 0 Å². The number of nitrogens with two attached hydrogens (primary N) is 1. The molecule has 1 amide bonds. The number of nitrogen functional groups attached to an aromatic ring is 1. The van der Waals surface area contributed by atoms with E-state index in [2.05, 4.69) is 4.90 Å². The van der Waals surface area contributed by atoms with Gasteiger partial charge in [-0.2, -0.15) is 5.10 Å². The zero-order valence-corrected chi connectivity index (χ0v) is 18.5. The second kappa shape index (κ2) is 9.17. The number of nitrogens with zero attached hydrogens (tertiary/aromatic N) is 4. The average Bonchev–Trinajstić information content (AvgIpc) is 3.31. The molecule has 6 heteroatoms. The molecule has 0 aliphatic carbocycles. The van der Waals surface area contributed by atoms with E-state index in [4.69, 9.17) is 10.8 Å². The summed E-state index contributed by atoms with van der Waals surface area (Å²) in [4.78, 5) is 18.2. The molecule has 32 heavy (non-hydrogen) atoms. The number of piperidine rings is 2. The molecule has 3 aromatic rings. The fourth-order valence-corrected chi connectivity index (χ4v) is 4.99. The third-order valence-electron chi connectivity index (χ3n) is 6.82. The maximum Gasteiger partial charge on any atom is 0.275 e. The summed E-state index contributed by atoms with van der Waals surface area (Å²) in [6.45, 7) is 4.01. The third-order valence-corrected chi connectivity index (χ3v) is 6.82. The first kappa shape index (κ1) is 20.8. The lowest BCUT2D eigenvalue weighted by Gasteiger charge is -2.40. The molecule has 2 aliphatic rings. The molecule has 2 aromatic carbocycles. The summed E-state index contributed by atoms with van der Waals surface area (Å²) in [5.74, 6) is 0.0233. The summed E-state index contributed by atoms with van der Waals surface area (Å²) in [5, 5.41) is 4.74. The van der Waals surface area contributed by atoms with Gasteiger partial charge in [0, 0.05) is 36.6 Å². The molecule has 6 nitrogen and oxygen atoms in total. The van der Waals surface area contributed by atoms with Crippen molar-refractivity contribution in [3.63, 3.8) is 0 Å². The molecule has 166 valence electrons. The van der Waals surface area contributed by atoms with E-state index in [-0.39, 0.29) is 5.91 Å². The predicted octanol–water partition coefficient (Wildman–Crippen LogP) is 4.21. The van der Waals surface area contributed by atoms with Crippen LogP contribution in [0.2, 0.25) is 0 Å². The van der Waals surface area contributed by atoms with Crippen molar-refractivity contribution in [1.29, 1.82) is 0 Å². The van der Waals surface area contributed by atoms with Gasteiger partial charge in [0.2, 0.25) is 0 Å². The van der Waals surface area contributed by atoms with E-state index in [1.807, 2.05) is 65.7 Å². The smallest absolute Gasteiger partial charge is 0.275 e. The van der Waals surface area contributed by atoms with Crippen LogP contribution in [0.25, 0.3) is 16.8 Å². The lowest BCUT2D eigenvalue weighted by Crippen LogP contribution is -2.48. The van der Waals surface area contributed by atoms with Crippen LogP contribution in [0.4, 0.5) is 5.69 Å². The Labute approximate surface area is 189 Å². The number of hydrogen-bond donors (Lipinski definition) is 1. The molecule has 2 fully saturated rings. The summed E-state index contributed by atoms with van der Waals surface area (Å²) >= 11 is 0. The van der Waals surface area contributed by atoms with E-state index in [0.29, 0.717) is 17.4 Å². The number of amides is 1. The fourth-order valence-electron chi connectivity index (χ4n) is 4.99. The number of carbonyl (C=O) groups is 1. The highest BCUT2D eigenvalue weighted by molar-refractivity contribution is 5.99. The zero-order chi connectivity index (χ0) is 21.9. The van der Waals surface area contributed by atoms with E-state index in [1.165, 1.54) is 32.4 Å². The number of likely N-dealkylation sites (tertiary alicyclic amines) is 2. The van der Waals surface area contributed by atoms with Gasteiger partial charge in [-0.05, 0) is 68.6 Å². The van der Waals surface area contributed by atoms with Crippen LogP contribution in [0.1, 0.15) is 42.6 Å². The molecule has 0 spiro atoms. The van der Waals surface area contributed by atoms with Crippen LogP contribution in [0, 0.1) is 0 Å². The van der Waals surface area contributed by atoms with Gasteiger partial charge in [-0.3, -0.25) is 4.79 Å². The summed E-state index contributed by atoms with van der Waals surface area (Å²) in [6, 6.07) is 18.2. The van der Waals surface area contributed by atoms with Crippen molar-refractivity contribution >= 4 is 11.6 Å². The first-order valence-electron chi connectivity index (χ1n) is 11.7. The third kappa shape index (κ3) is 4.28. The number of rotatable bonds is 4. The van der Waals surface area contributed by atoms with E-state index in [9.17, 15) is 4.79 Å². The monoisotopic (exact) mass is 429 g/mol. The van der Waals surface area contributed by atoms with Gasteiger partial charge < -0.3 is 15.5 Å². The first-order valence-corrected chi connectivity index (χ1v) is 11.7. The summed E-state index contributed by atoms with van der Waals surface area (Å²) in [5.41, 5.74) is 9.83. The lowest BCUT2D eigenvalue weighted by atomic mass is 9.99. The minimum absolute atomic E-state index is 0.0233. The first-order chi connectivity index (χ1) is 15.7. The number of aromatic nitrogens is 2. The number of anilines is 1. The molecule has 2 saturated heterocycles. The number of hydrogen-bond acceptors (Lipinski definition) is 4. The second-order valence-corrected chi connectivity index (χ2v) is 8.91. The van der Waals surface area contributed by atoms with Gasteiger partial charge in [0.1, 0.15) is 0 Å². The van der Waals surface area contributed by atoms with Crippen molar-refractivity contribution in [2.45, 2.75) is 38.1 Å². The van der Waals surface area contributed by atoms with Gasteiger partial charge in [-0.15, -0.1) is 0 Å². The normalized spacial score (nSPS) is 18.1. The van der Waals surface area contributed by atoms with Crippen molar-refractivity contribution in [2.24, 2.45) is 0 Å². The highest BCUT2D eigenvalue weighted by Crippen LogP contribution is 2.28. The Hall–Kier alpha value is -3.12. The van der Waals surface area contributed by atoms with Crippen LogP contribution in [0.15, 0.2) is 60.8 Å². The summed E-state index contributed by atoms with van der Waals surface area (Å²) < 4.78 is 1.79. The fraction of sp³-hybridized carbons (Fsp3) is 0.385. The van der Waals surface area contributed by atoms with Gasteiger partial charge in [0.05, 0.1) is 5.69 Å². The van der Waals surface area contributed by atoms with Crippen LogP contribution < -0.4 is 5.73 Å². The quantitative estimate of drug-likeness (QED) is 0.631. The number of carbonyl (C=O) groups excluding carboxylic acids is 1. The molecule has 0 radical (unpaired) electrons. The van der Waals surface area contributed by atoms with Gasteiger partial charge in [-0.1, -0.05) is 36.8 Å². The molecule has 5 rings (SSSR count). The van der Waals surface area contributed by atoms with Gasteiger partial charge in [0.25, 0.3) is 5.91 Å². The van der Waals surface area contributed by atoms with E-state index in [0.717, 1.165) is 42.7 Å². The largest absolute Gasteiger partial charge is 0.399 e. The summed E-state index contributed by atoms with van der Waals surface area (Å²) in [6.07, 6.45) is 8.02.